The number of fused-ring (bicyclic) bond motifs is 1. The summed E-state index contributed by atoms with van der Waals surface area (Å²) in [5.74, 6) is -0.773. The average molecular weight is 510 g/mol. The molecule has 0 radical (unpaired) electrons. The van der Waals surface area contributed by atoms with Crippen LogP contribution in [0.1, 0.15) is 15.9 Å². The lowest BCUT2D eigenvalue weighted by Crippen LogP contribution is -2.19. The van der Waals surface area contributed by atoms with Crippen LogP contribution in [-0.2, 0) is 16.2 Å². The van der Waals surface area contributed by atoms with E-state index in [0.29, 0.717) is 11.1 Å². The van der Waals surface area contributed by atoms with Gasteiger partial charge in [0, 0.05) is 17.1 Å². The molecule has 1 heterocycles. The zero-order chi connectivity index (χ0) is 24.7. The predicted octanol–water partition coefficient (Wildman–Crippen LogP) is 5.21. The molecule has 1 aromatic heterocycles. The normalized spacial score (nSPS) is 12.0. The largest absolute Gasteiger partial charge is 0.497 e. The van der Waals surface area contributed by atoms with Crippen molar-refractivity contribution in [3.8, 4) is 5.75 Å². The minimum atomic E-state index is -4.80. The molecule has 1 amide bonds. The Morgan fingerprint density at radius 1 is 1.09 bits per heavy atom. The van der Waals surface area contributed by atoms with E-state index in [2.05, 4.69) is 10.4 Å². The van der Waals surface area contributed by atoms with Gasteiger partial charge in [0.15, 0.2) is 0 Å². The van der Waals surface area contributed by atoms with Crippen molar-refractivity contribution in [1.82, 2.24) is 9.19 Å². The van der Waals surface area contributed by atoms with Gasteiger partial charge in [-0.2, -0.15) is 30.8 Å². The molecule has 0 unspecified atom stereocenters. The van der Waals surface area contributed by atoms with Crippen molar-refractivity contribution in [2.45, 2.75) is 11.1 Å². The number of carbonyl (C=O) groups is 1. The molecule has 0 saturated heterocycles. The van der Waals surface area contributed by atoms with Crippen molar-refractivity contribution < 1.29 is 31.1 Å². The highest BCUT2D eigenvalue weighted by Crippen LogP contribution is 2.35. The van der Waals surface area contributed by atoms with Crippen molar-refractivity contribution >= 4 is 44.1 Å². The number of hydrogen-bond acceptors (Lipinski definition) is 5. The van der Waals surface area contributed by atoms with Crippen LogP contribution in [-0.4, -0.2) is 30.6 Å². The number of nitrogens with one attached hydrogen (secondary N) is 1. The van der Waals surface area contributed by atoms with Gasteiger partial charge in [-0.1, -0.05) is 23.7 Å². The molecule has 0 fully saturated rings. The van der Waals surface area contributed by atoms with Gasteiger partial charge in [-0.15, -0.1) is 0 Å². The highest BCUT2D eigenvalue weighted by atomic mass is 35.5. The Hall–Kier alpha value is -3.57. The summed E-state index contributed by atoms with van der Waals surface area (Å²) in [5.41, 5.74) is -1.78. The Morgan fingerprint density at radius 3 is 2.53 bits per heavy atom. The van der Waals surface area contributed by atoms with Crippen LogP contribution in [0.4, 0.5) is 18.9 Å². The molecule has 3 aromatic carbocycles. The summed E-state index contributed by atoms with van der Waals surface area (Å²) in [6, 6.07) is 13.0. The summed E-state index contributed by atoms with van der Waals surface area (Å²) >= 11 is 5.89. The minimum absolute atomic E-state index is 0.0492. The number of carbonyl (C=O) groups excluding carboxylic acids is 1. The van der Waals surface area contributed by atoms with E-state index in [1.165, 1.54) is 55.8 Å². The van der Waals surface area contributed by atoms with Gasteiger partial charge in [0.05, 0.1) is 39.9 Å². The van der Waals surface area contributed by atoms with E-state index < -0.39 is 33.2 Å². The molecule has 7 nitrogen and oxygen atoms in total. The minimum Gasteiger partial charge on any atom is -0.497 e. The molecular formula is C22H15ClF3N3O4S. The first-order chi connectivity index (χ1) is 16.0. The van der Waals surface area contributed by atoms with Crippen LogP contribution in [0.15, 0.2) is 71.8 Å². The van der Waals surface area contributed by atoms with Gasteiger partial charge in [-0.25, -0.2) is 0 Å². The Kier molecular flexibility index (Phi) is 6.00. The molecule has 4 rings (SSSR count). The smallest absolute Gasteiger partial charge is 0.417 e. The average Bonchev–Trinajstić information content (AvgIpc) is 3.22. The standard InChI is InChI=1S/C22H15ClF3N3O4S/c1-33-15-4-2-5-16(11-15)34(31,32)29-19-10-14(9-8-13(19)12-27-29)28-21(30)20-17(22(24,25)26)6-3-7-18(20)23/h2-12H,1H3,(H,28,30). The lowest BCUT2D eigenvalue weighted by atomic mass is 10.1. The Balaban J connectivity index is 1.74. The number of hydrogen-bond donors (Lipinski definition) is 1. The summed E-state index contributed by atoms with van der Waals surface area (Å²) in [6.07, 6.45) is -3.49. The first kappa shape index (κ1) is 23.6. The molecule has 4 aromatic rings. The van der Waals surface area contributed by atoms with Gasteiger partial charge in [-0.05, 0) is 42.5 Å². The maximum atomic E-state index is 13.4. The second-order valence-electron chi connectivity index (χ2n) is 7.06. The Bertz CT molecular complexity index is 1520. The molecule has 0 spiro atoms. The van der Waals surface area contributed by atoms with Gasteiger partial charge >= 0.3 is 6.18 Å². The molecule has 0 aliphatic carbocycles. The molecule has 0 aliphatic rings. The molecule has 0 bridgehead atoms. The van der Waals surface area contributed by atoms with Crippen molar-refractivity contribution in [2.75, 3.05) is 12.4 Å². The molecule has 0 atom stereocenters. The second-order valence-corrected chi connectivity index (χ2v) is 9.23. The zero-order valence-corrected chi connectivity index (χ0v) is 18.9. The van der Waals surface area contributed by atoms with Crippen molar-refractivity contribution in [3.63, 3.8) is 0 Å². The van der Waals surface area contributed by atoms with Gasteiger partial charge in [0.1, 0.15) is 5.75 Å². The number of methoxy groups -OCH3 is 1. The molecule has 1 N–H and O–H groups in total. The fourth-order valence-corrected chi connectivity index (χ4v) is 4.87. The van der Waals surface area contributed by atoms with Crippen LogP contribution in [0.5, 0.6) is 5.75 Å². The highest BCUT2D eigenvalue weighted by Gasteiger charge is 2.36. The molecule has 0 aliphatic heterocycles. The van der Waals surface area contributed by atoms with Gasteiger partial charge in [0.25, 0.3) is 15.9 Å². The number of benzene rings is 3. The fraction of sp³-hybridized carbons (Fsp3) is 0.0909. The van der Waals surface area contributed by atoms with Crippen molar-refractivity contribution in [2.24, 2.45) is 0 Å². The van der Waals surface area contributed by atoms with Crippen molar-refractivity contribution in [3.05, 3.63) is 83.0 Å². The number of anilines is 1. The monoisotopic (exact) mass is 509 g/mol. The molecular weight excluding hydrogens is 495 g/mol. The third-order valence-electron chi connectivity index (χ3n) is 4.91. The SMILES string of the molecule is COc1cccc(S(=O)(=O)n2ncc3ccc(NC(=O)c4c(Cl)cccc4C(F)(F)F)cc32)c1. The second kappa shape index (κ2) is 8.65. The Labute approximate surface area is 196 Å². The lowest BCUT2D eigenvalue weighted by Gasteiger charge is -2.14. The molecule has 176 valence electrons. The number of halogens is 4. The number of aromatic nitrogens is 2. The van der Waals surface area contributed by atoms with Crippen LogP contribution < -0.4 is 10.1 Å². The van der Waals surface area contributed by atoms with Crippen molar-refractivity contribution in [1.29, 1.82) is 0 Å². The number of alkyl halides is 3. The third-order valence-corrected chi connectivity index (χ3v) is 6.82. The summed E-state index contributed by atoms with van der Waals surface area (Å²) in [7, 11) is -2.75. The number of nitrogens with zero attached hydrogens (tertiary/aromatic N) is 2. The maximum absolute atomic E-state index is 13.4. The van der Waals surface area contributed by atoms with Crippen LogP contribution in [0.3, 0.4) is 0 Å². The van der Waals surface area contributed by atoms with Crippen LogP contribution >= 0.6 is 11.6 Å². The molecule has 34 heavy (non-hydrogen) atoms. The fourth-order valence-electron chi connectivity index (χ4n) is 3.31. The predicted molar refractivity (Wildman–Crippen MR) is 120 cm³/mol. The van der Waals surface area contributed by atoms with E-state index in [-0.39, 0.29) is 21.1 Å². The van der Waals surface area contributed by atoms with E-state index in [4.69, 9.17) is 16.3 Å². The molecule has 0 saturated carbocycles. The summed E-state index contributed by atoms with van der Waals surface area (Å²) in [5, 5.41) is 6.35. The van der Waals surface area contributed by atoms with E-state index in [9.17, 15) is 26.4 Å². The topological polar surface area (TPSA) is 90.3 Å². The highest BCUT2D eigenvalue weighted by molar-refractivity contribution is 7.90. The van der Waals surface area contributed by atoms with Crippen LogP contribution in [0.25, 0.3) is 10.9 Å². The summed E-state index contributed by atoms with van der Waals surface area (Å²) < 4.78 is 72.2. The van der Waals surface area contributed by atoms with E-state index in [1.807, 2.05) is 0 Å². The number of rotatable bonds is 5. The first-order valence-electron chi connectivity index (χ1n) is 9.57. The van der Waals surface area contributed by atoms with E-state index in [0.717, 1.165) is 16.2 Å². The Morgan fingerprint density at radius 2 is 1.82 bits per heavy atom. The quantitative estimate of drug-likeness (QED) is 0.399. The number of amides is 1. The van der Waals surface area contributed by atoms with E-state index >= 15 is 0 Å². The third kappa shape index (κ3) is 4.31. The van der Waals surface area contributed by atoms with Crippen LogP contribution in [0.2, 0.25) is 5.02 Å². The van der Waals surface area contributed by atoms with Gasteiger partial charge in [0.2, 0.25) is 0 Å². The van der Waals surface area contributed by atoms with Gasteiger partial charge < -0.3 is 10.1 Å². The van der Waals surface area contributed by atoms with Crippen LogP contribution in [0, 0.1) is 0 Å². The zero-order valence-electron chi connectivity index (χ0n) is 17.3. The number of ether oxygens (including phenoxy) is 1. The van der Waals surface area contributed by atoms with Gasteiger partial charge in [-0.3, -0.25) is 4.79 Å². The first-order valence-corrected chi connectivity index (χ1v) is 11.4. The summed E-state index contributed by atoms with van der Waals surface area (Å²) in [4.78, 5) is 12.6. The maximum Gasteiger partial charge on any atom is 0.417 e. The van der Waals surface area contributed by atoms with E-state index in [1.54, 1.807) is 6.07 Å². The summed E-state index contributed by atoms with van der Waals surface area (Å²) in [6.45, 7) is 0. The molecule has 12 heteroatoms. The lowest BCUT2D eigenvalue weighted by molar-refractivity contribution is -0.137.